The zero-order chi connectivity index (χ0) is 20.0. The van der Waals surface area contributed by atoms with Crippen molar-refractivity contribution >= 4 is 6.09 Å². The fraction of sp³-hybridized carbons (Fsp3) is 0.611. The van der Waals surface area contributed by atoms with E-state index in [1.807, 2.05) is 13.8 Å². The molecule has 0 saturated carbocycles. The fourth-order valence-corrected chi connectivity index (χ4v) is 2.37. The SMILES string of the molecule is CCOC(CC)C(NC(=O)OC(C)(C)C)c1ccc(OC(F)(F)F)cc1. The van der Waals surface area contributed by atoms with Crippen molar-refractivity contribution in [1.29, 1.82) is 0 Å². The average Bonchev–Trinajstić information content (AvgIpc) is 2.48. The van der Waals surface area contributed by atoms with Crippen molar-refractivity contribution in [2.75, 3.05) is 6.61 Å². The lowest BCUT2D eigenvalue weighted by atomic mass is 9.99. The average molecular weight is 377 g/mol. The molecule has 1 N–H and O–H groups in total. The van der Waals surface area contributed by atoms with Crippen LogP contribution in [0.25, 0.3) is 0 Å². The Kier molecular flexibility index (Phi) is 7.74. The van der Waals surface area contributed by atoms with Crippen LogP contribution < -0.4 is 10.1 Å². The number of alkyl carbamates (subject to hydrolysis) is 1. The molecule has 26 heavy (non-hydrogen) atoms. The minimum absolute atomic E-state index is 0.332. The van der Waals surface area contributed by atoms with Crippen molar-refractivity contribution in [3.63, 3.8) is 0 Å². The molecule has 2 atom stereocenters. The van der Waals surface area contributed by atoms with Crippen molar-refractivity contribution < 1.29 is 32.2 Å². The van der Waals surface area contributed by atoms with Gasteiger partial charge in [0.05, 0.1) is 12.1 Å². The van der Waals surface area contributed by atoms with Crippen LogP contribution in [0.4, 0.5) is 18.0 Å². The first-order chi connectivity index (χ1) is 11.9. The summed E-state index contributed by atoms with van der Waals surface area (Å²) in [6.45, 7) is 9.37. The van der Waals surface area contributed by atoms with Crippen LogP contribution >= 0.6 is 0 Å². The highest BCUT2D eigenvalue weighted by Gasteiger charge is 2.31. The van der Waals surface area contributed by atoms with E-state index >= 15 is 0 Å². The molecule has 0 aliphatic heterocycles. The van der Waals surface area contributed by atoms with Crippen molar-refractivity contribution in [1.82, 2.24) is 5.32 Å². The van der Waals surface area contributed by atoms with Crippen molar-refractivity contribution in [3.8, 4) is 5.75 Å². The molecular formula is C18H26F3NO4. The van der Waals surface area contributed by atoms with E-state index < -0.39 is 24.1 Å². The maximum Gasteiger partial charge on any atom is 0.573 e. The molecule has 0 bridgehead atoms. The number of nitrogens with one attached hydrogen (secondary N) is 1. The van der Waals surface area contributed by atoms with E-state index in [-0.39, 0.29) is 11.9 Å². The van der Waals surface area contributed by atoms with E-state index in [9.17, 15) is 18.0 Å². The van der Waals surface area contributed by atoms with Gasteiger partial charge in [0.25, 0.3) is 0 Å². The molecule has 0 saturated heterocycles. The molecule has 8 heteroatoms. The Bertz CT molecular complexity index is 567. The molecule has 0 aromatic heterocycles. The van der Waals surface area contributed by atoms with E-state index in [1.54, 1.807) is 20.8 Å². The molecule has 148 valence electrons. The third-order valence-corrected chi connectivity index (χ3v) is 3.30. The van der Waals surface area contributed by atoms with Crippen LogP contribution in [-0.2, 0) is 9.47 Å². The lowest BCUT2D eigenvalue weighted by Gasteiger charge is -2.29. The molecule has 1 aromatic rings. The molecule has 2 unspecified atom stereocenters. The van der Waals surface area contributed by atoms with Gasteiger partial charge in [0.1, 0.15) is 11.4 Å². The lowest BCUT2D eigenvalue weighted by molar-refractivity contribution is -0.274. The first-order valence-electron chi connectivity index (χ1n) is 8.42. The topological polar surface area (TPSA) is 56.8 Å². The van der Waals surface area contributed by atoms with Crippen molar-refractivity contribution in [3.05, 3.63) is 29.8 Å². The zero-order valence-corrected chi connectivity index (χ0v) is 15.6. The first kappa shape index (κ1) is 22.1. The Morgan fingerprint density at radius 3 is 2.12 bits per heavy atom. The highest BCUT2D eigenvalue weighted by atomic mass is 19.4. The molecule has 0 radical (unpaired) electrons. The van der Waals surface area contributed by atoms with Gasteiger partial charge in [-0.3, -0.25) is 0 Å². The molecule has 1 amide bonds. The number of halogens is 3. The minimum atomic E-state index is -4.76. The Morgan fingerprint density at radius 1 is 1.12 bits per heavy atom. The van der Waals surface area contributed by atoms with Gasteiger partial charge in [0, 0.05) is 6.61 Å². The Labute approximate surface area is 151 Å². The number of hydrogen-bond acceptors (Lipinski definition) is 4. The van der Waals surface area contributed by atoms with Crippen molar-refractivity contribution in [2.45, 2.75) is 65.1 Å². The molecule has 0 heterocycles. The summed E-state index contributed by atoms with van der Waals surface area (Å²) in [4.78, 5) is 12.2. The van der Waals surface area contributed by atoms with Gasteiger partial charge >= 0.3 is 12.5 Å². The Balaban J connectivity index is 3.02. The van der Waals surface area contributed by atoms with Crippen molar-refractivity contribution in [2.24, 2.45) is 0 Å². The number of benzene rings is 1. The zero-order valence-electron chi connectivity index (χ0n) is 15.6. The lowest BCUT2D eigenvalue weighted by Crippen LogP contribution is -2.40. The van der Waals surface area contributed by atoms with Gasteiger partial charge in [0.15, 0.2) is 0 Å². The monoisotopic (exact) mass is 377 g/mol. The standard InChI is InChI=1S/C18H26F3NO4/c1-6-14(24-7-2)15(22-16(23)26-17(3,4)5)12-8-10-13(11-9-12)25-18(19,20)21/h8-11,14-15H,6-7H2,1-5H3,(H,22,23). The Hall–Kier alpha value is -1.96. The van der Waals surface area contributed by atoms with E-state index in [0.717, 1.165) is 0 Å². The predicted molar refractivity (Wildman–Crippen MR) is 90.9 cm³/mol. The highest BCUT2D eigenvalue weighted by molar-refractivity contribution is 5.68. The predicted octanol–water partition coefficient (Wildman–Crippen LogP) is 4.97. The number of rotatable bonds is 7. The summed E-state index contributed by atoms with van der Waals surface area (Å²) in [6.07, 6.45) is -5.15. The molecule has 0 spiro atoms. The van der Waals surface area contributed by atoms with Crippen LogP contribution in [0.3, 0.4) is 0 Å². The second-order valence-corrected chi connectivity index (χ2v) is 6.64. The maximum absolute atomic E-state index is 12.3. The summed E-state index contributed by atoms with van der Waals surface area (Å²) >= 11 is 0. The second kappa shape index (κ2) is 9.12. The third kappa shape index (κ3) is 7.95. The van der Waals surface area contributed by atoms with Crippen LogP contribution in [0, 0.1) is 0 Å². The summed E-state index contributed by atoms with van der Waals surface area (Å²) in [5.41, 5.74) is -0.0856. The molecular weight excluding hydrogens is 351 g/mol. The van der Waals surface area contributed by atoms with Gasteiger partial charge in [-0.1, -0.05) is 19.1 Å². The van der Waals surface area contributed by atoms with Gasteiger partial charge in [0.2, 0.25) is 0 Å². The smallest absolute Gasteiger partial charge is 0.444 e. The molecule has 1 aromatic carbocycles. The fourth-order valence-electron chi connectivity index (χ4n) is 2.37. The Morgan fingerprint density at radius 2 is 1.69 bits per heavy atom. The van der Waals surface area contributed by atoms with Gasteiger partial charge in [-0.25, -0.2) is 4.79 Å². The normalized spacial score (nSPS) is 14.5. The molecule has 5 nitrogen and oxygen atoms in total. The quantitative estimate of drug-likeness (QED) is 0.729. The summed E-state index contributed by atoms with van der Waals surface area (Å²) in [5, 5.41) is 2.74. The second-order valence-electron chi connectivity index (χ2n) is 6.64. The van der Waals surface area contributed by atoms with Gasteiger partial charge in [-0.2, -0.15) is 0 Å². The number of carbonyl (C=O) groups excluding carboxylic acids is 1. The summed E-state index contributed by atoms with van der Waals surface area (Å²) in [5.74, 6) is -0.332. The highest BCUT2D eigenvalue weighted by Crippen LogP contribution is 2.27. The molecule has 0 aliphatic carbocycles. The molecule has 0 aliphatic rings. The van der Waals surface area contributed by atoms with Gasteiger partial charge < -0.3 is 19.5 Å². The van der Waals surface area contributed by atoms with E-state index in [1.165, 1.54) is 24.3 Å². The van der Waals surface area contributed by atoms with Crippen LogP contribution in [0.2, 0.25) is 0 Å². The molecule has 1 rings (SSSR count). The van der Waals surface area contributed by atoms with Crippen LogP contribution in [0.15, 0.2) is 24.3 Å². The van der Waals surface area contributed by atoms with E-state index in [4.69, 9.17) is 9.47 Å². The van der Waals surface area contributed by atoms with Gasteiger partial charge in [-0.15, -0.1) is 13.2 Å². The maximum atomic E-state index is 12.3. The van der Waals surface area contributed by atoms with Crippen LogP contribution in [-0.4, -0.2) is 30.8 Å². The van der Waals surface area contributed by atoms with Crippen LogP contribution in [0.1, 0.15) is 52.6 Å². The minimum Gasteiger partial charge on any atom is -0.444 e. The number of alkyl halides is 3. The number of hydrogen-bond donors (Lipinski definition) is 1. The number of amides is 1. The molecule has 0 fully saturated rings. The van der Waals surface area contributed by atoms with E-state index in [2.05, 4.69) is 10.1 Å². The number of ether oxygens (including phenoxy) is 3. The van der Waals surface area contributed by atoms with Gasteiger partial charge in [-0.05, 0) is 51.8 Å². The van der Waals surface area contributed by atoms with E-state index in [0.29, 0.717) is 18.6 Å². The first-order valence-corrected chi connectivity index (χ1v) is 8.42. The summed E-state index contributed by atoms with van der Waals surface area (Å²) in [7, 11) is 0. The number of carbonyl (C=O) groups is 1. The van der Waals surface area contributed by atoms with Crippen LogP contribution in [0.5, 0.6) is 5.75 Å². The summed E-state index contributed by atoms with van der Waals surface area (Å²) < 4.78 is 51.7. The summed E-state index contributed by atoms with van der Waals surface area (Å²) in [6, 6.07) is 4.75. The third-order valence-electron chi connectivity index (χ3n) is 3.30. The largest absolute Gasteiger partial charge is 0.573 e.